The third kappa shape index (κ3) is 7.93. The zero-order valence-corrected chi connectivity index (χ0v) is 19.2. The van der Waals surface area contributed by atoms with Crippen molar-refractivity contribution in [3.63, 3.8) is 0 Å². The summed E-state index contributed by atoms with van der Waals surface area (Å²) in [6.45, 7) is 7.53. The Labute approximate surface area is 177 Å². The second-order valence-corrected chi connectivity index (χ2v) is 12.4. The Bertz CT molecular complexity index is 740. The maximum Gasteiger partial charge on any atom is 0.151 e. The van der Waals surface area contributed by atoms with E-state index < -0.39 is 9.84 Å². The van der Waals surface area contributed by atoms with Crippen molar-refractivity contribution in [3.05, 3.63) is 29.8 Å². The summed E-state index contributed by atoms with van der Waals surface area (Å²) in [6.07, 6.45) is 7.89. The lowest BCUT2D eigenvalue weighted by Gasteiger charge is -2.20. The van der Waals surface area contributed by atoms with Crippen molar-refractivity contribution in [1.29, 1.82) is 0 Å². The Kier molecular flexibility index (Phi) is 7.66. The van der Waals surface area contributed by atoms with Crippen LogP contribution in [0.1, 0.15) is 77.2 Å². The number of ether oxygens (including phenoxy) is 2. The standard InChI is InChI=1S/C24H38O4S/c1-24(2,3)18-27-14-7-15-29(25,26)17-23(19-12-13-19)20-8-6-11-22(16-20)28-21-9-4-5-10-21/h6,8,11,16,19,21,23H,4-5,7,9-10,12-15,17-18H2,1-3H3/t23-/m1/s1. The van der Waals surface area contributed by atoms with Gasteiger partial charge in [0.1, 0.15) is 5.75 Å². The molecule has 4 nitrogen and oxygen atoms in total. The van der Waals surface area contributed by atoms with E-state index in [0.29, 0.717) is 31.7 Å². The molecule has 0 unspecified atom stereocenters. The van der Waals surface area contributed by atoms with E-state index in [1.807, 2.05) is 12.1 Å². The Balaban J connectivity index is 1.55. The Morgan fingerprint density at radius 2 is 1.83 bits per heavy atom. The highest BCUT2D eigenvalue weighted by Gasteiger charge is 2.35. The fourth-order valence-electron chi connectivity index (χ4n) is 4.14. The summed E-state index contributed by atoms with van der Waals surface area (Å²) < 4.78 is 37.4. The average Bonchev–Trinajstić information content (AvgIpc) is 3.36. The van der Waals surface area contributed by atoms with E-state index in [9.17, 15) is 8.42 Å². The molecule has 0 aliphatic heterocycles. The average molecular weight is 423 g/mol. The first-order valence-electron chi connectivity index (χ1n) is 11.3. The Morgan fingerprint density at radius 3 is 2.48 bits per heavy atom. The molecule has 2 aliphatic carbocycles. The molecule has 0 radical (unpaired) electrons. The minimum Gasteiger partial charge on any atom is -0.490 e. The minimum absolute atomic E-state index is 0.0858. The summed E-state index contributed by atoms with van der Waals surface area (Å²) >= 11 is 0. The predicted octanol–water partition coefficient (Wildman–Crippen LogP) is 5.37. The summed E-state index contributed by atoms with van der Waals surface area (Å²) in [7, 11) is -3.11. The van der Waals surface area contributed by atoms with E-state index in [-0.39, 0.29) is 22.8 Å². The van der Waals surface area contributed by atoms with Crippen LogP contribution in [-0.4, -0.2) is 39.2 Å². The molecule has 1 aromatic carbocycles. The zero-order valence-electron chi connectivity index (χ0n) is 18.4. The van der Waals surface area contributed by atoms with E-state index in [4.69, 9.17) is 9.47 Å². The highest BCUT2D eigenvalue weighted by Crippen LogP contribution is 2.44. The first-order chi connectivity index (χ1) is 13.7. The van der Waals surface area contributed by atoms with Crippen molar-refractivity contribution in [2.45, 2.75) is 77.7 Å². The van der Waals surface area contributed by atoms with E-state index in [0.717, 1.165) is 37.0 Å². The highest BCUT2D eigenvalue weighted by molar-refractivity contribution is 7.91. The van der Waals surface area contributed by atoms with Crippen molar-refractivity contribution >= 4 is 9.84 Å². The molecule has 0 spiro atoms. The van der Waals surface area contributed by atoms with Crippen molar-refractivity contribution in [1.82, 2.24) is 0 Å². The quantitative estimate of drug-likeness (QED) is 0.450. The van der Waals surface area contributed by atoms with Gasteiger partial charge in [-0.2, -0.15) is 0 Å². The molecule has 2 aliphatic rings. The van der Waals surface area contributed by atoms with E-state index in [2.05, 4.69) is 32.9 Å². The van der Waals surface area contributed by atoms with Gasteiger partial charge in [-0.1, -0.05) is 32.9 Å². The van der Waals surface area contributed by atoms with Crippen LogP contribution in [0.2, 0.25) is 0 Å². The van der Waals surface area contributed by atoms with E-state index in [1.54, 1.807) is 0 Å². The molecular weight excluding hydrogens is 384 g/mol. The lowest BCUT2D eigenvalue weighted by molar-refractivity contribution is 0.0720. The molecule has 0 aromatic heterocycles. The molecule has 1 atom stereocenters. The van der Waals surface area contributed by atoms with E-state index in [1.165, 1.54) is 12.8 Å². The molecule has 5 heteroatoms. The lowest BCUT2D eigenvalue weighted by atomic mass is 9.96. The van der Waals surface area contributed by atoms with Gasteiger partial charge in [0.2, 0.25) is 0 Å². The van der Waals surface area contributed by atoms with Crippen molar-refractivity contribution in [2.75, 3.05) is 24.7 Å². The lowest BCUT2D eigenvalue weighted by Crippen LogP contribution is -2.21. The van der Waals surface area contributed by atoms with Gasteiger partial charge in [0.25, 0.3) is 0 Å². The maximum atomic E-state index is 12.8. The van der Waals surface area contributed by atoms with Crippen molar-refractivity contribution < 1.29 is 17.9 Å². The minimum atomic E-state index is -3.11. The zero-order chi connectivity index (χ0) is 20.9. The summed E-state index contributed by atoms with van der Waals surface area (Å²) in [5.74, 6) is 1.92. The molecule has 0 saturated heterocycles. The molecule has 2 fully saturated rings. The number of benzene rings is 1. The van der Waals surface area contributed by atoms with Gasteiger partial charge in [-0.3, -0.25) is 0 Å². The fraction of sp³-hybridized carbons (Fsp3) is 0.750. The smallest absolute Gasteiger partial charge is 0.151 e. The second-order valence-electron chi connectivity index (χ2n) is 10.1. The van der Waals surface area contributed by atoms with Gasteiger partial charge in [0.15, 0.2) is 9.84 Å². The third-order valence-electron chi connectivity index (χ3n) is 5.79. The fourth-order valence-corrected chi connectivity index (χ4v) is 5.87. The molecule has 0 bridgehead atoms. The monoisotopic (exact) mass is 422 g/mol. The first-order valence-corrected chi connectivity index (χ1v) is 13.1. The van der Waals surface area contributed by atoms with Gasteiger partial charge in [-0.25, -0.2) is 8.42 Å². The summed E-state index contributed by atoms with van der Waals surface area (Å²) in [5, 5.41) is 0. The SMILES string of the molecule is CC(C)(C)COCCCS(=O)(=O)C[C@@H](c1cccc(OC2CCCC2)c1)C1CC1. The number of rotatable bonds is 11. The predicted molar refractivity (Wildman–Crippen MR) is 118 cm³/mol. The first kappa shape index (κ1) is 22.6. The van der Waals surface area contributed by atoms with Crippen molar-refractivity contribution in [3.8, 4) is 5.75 Å². The van der Waals surface area contributed by atoms with Crippen LogP contribution in [0.4, 0.5) is 0 Å². The summed E-state index contributed by atoms with van der Waals surface area (Å²) in [4.78, 5) is 0. The van der Waals surface area contributed by atoms with Crippen LogP contribution in [0.5, 0.6) is 5.75 Å². The van der Waals surface area contributed by atoms with Crippen LogP contribution in [0, 0.1) is 11.3 Å². The number of hydrogen-bond acceptors (Lipinski definition) is 4. The normalized spacial score (nSPS) is 19.4. The molecule has 164 valence electrons. The van der Waals surface area contributed by atoms with Gasteiger partial charge in [-0.15, -0.1) is 0 Å². The number of hydrogen-bond donors (Lipinski definition) is 0. The largest absolute Gasteiger partial charge is 0.490 e. The molecule has 0 heterocycles. The van der Waals surface area contributed by atoms with Gasteiger partial charge >= 0.3 is 0 Å². The Hall–Kier alpha value is -1.07. The highest BCUT2D eigenvalue weighted by atomic mass is 32.2. The second kappa shape index (κ2) is 9.82. The summed E-state index contributed by atoms with van der Waals surface area (Å²) in [6, 6.07) is 8.19. The van der Waals surface area contributed by atoms with Gasteiger partial charge < -0.3 is 9.47 Å². The summed E-state index contributed by atoms with van der Waals surface area (Å²) in [5.41, 5.74) is 1.23. The van der Waals surface area contributed by atoms with Gasteiger partial charge in [0.05, 0.1) is 24.2 Å². The molecule has 1 aromatic rings. The third-order valence-corrected chi connectivity index (χ3v) is 7.57. The molecular formula is C24H38O4S. The maximum absolute atomic E-state index is 12.8. The van der Waals surface area contributed by atoms with Crippen molar-refractivity contribution in [2.24, 2.45) is 11.3 Å². The molecule has 3 rings (SSSR count). The van der Waals surface area contributed by atoms with Crippen LogP contribution < -0.4 is 4.74 Å². The molecule has 2 saturated carbocycles. The molecule has 0 N–H and O–H groups in total. The van der Waals surface area contributed by atoms with Gasteiger partial charge in [-0.05, 0) is 74.0 Å². The molecule has 29 heavy (non-hydrogen) atoms. The van der Waals surface area contributed by atoms with Crippen LogP contribution in [0.25, 0.3) is 0 Å². The molecule has 0 amide bonds. The van der Waals surface area contributed by atoms with E-state index >= 15 is 0 Å². The Morgan fingerprint density at radius 1 is 1.10 bits per heavy atom. The van der Waals surface area contributed by atoms with Gasteiger partial charge in [0, 0.05) is 12.5 Å². The van der Waals surface area contributed by atoms with Crippen LogP contribution >= 0.6 is 0 Å². The number of sulfone groups is 1. The van der Waals surface area contributed by atoms with Crippen LogP contribution in [-0.2, 0) is 14.6 Å². The topological polar surface area (TPSA) is 52.6 Å². The van der Waals surface area contributed by atoms with Crippen LogP contribution in [0.3, 0.4) is 0 Å². The van der Waals surface area contributed by atoms with Crippen LogP contribution in [0.15, 0.2) is 24.3 Å².